The average Bonchev–Trinajstić information content (AvgIpc) is 3.01. The van der Waals surface area contributed by atoms with Gasteiger partial charge in [0.1, 0.15) is 5.82 Å². The molecular weight excluding hydrogens is 353 g/mol. The lowest BCUT2D eigenvalue weighted by molar-refractivity contribution is -0.148. The zero-order valence-electron chi connectivity index (χ0n) is 13.1. The number of hydrogen-bond acceptors (Lipinski definition) is 6. The highest BCUT2D eigenvalue weighted by Crippen LogP contribution is 2.09. The standard InChI is InChI=1S/C15H16FN3O5S/c16-10-1-3-11(4-2-10)18-12(20)8-25-9-14(22)24-7-13(21)19-6-5-17-15(19)23/h1-4H,5-9H2,(H,17,23)(H,18,20). The van der Waals surface area contributed by atoms with Crippen LogP contribution >= 0.6 is 11.8 Å². The molecule has 10 heteroatoms. The van der Waals surface area contributed by atoms with Crippen LogP contribution in [-0.2, 0) is 19.1 Å². The number of esters is 1. The van der Waals surface area contributed by atoms with Crippen molar-refractivity contribution in [3.8, 4) is 0 Å². The minimum Gasteiger partial charge on any atom is -0.455 e. The SMILES string of the molecule is O=C(CSCC(=O)OCC(=O)N1CCNC1=O)Nc1ccc(F)cc1. The van der Waals surface area contributed by atoms with Crippen LogP contribution in [0.4, 0.5) is 14.9 Å². The summed E-state index contributed by atoms with van der Waals surface area (Å²) in [5.74, 6) is -2.13. The van der Waals surface area contributed by atoms with Gasteiger partial charge in [0.15, 0.2) is 6.61 Å². The minimum atomic E-state index is -0.660. The van der Waals surface area contributed by atoms with E-state index in [1.807, 2.05) is 0 Å². The van der Waals surface area contributed by atoms with Gasteiger partial charge in [-0.05, 0) is 24.3 Å². The van der Waals surface area contributed by atoms with Crippen molar-refractivity contribution < 1.29 is 28.3 Å². The van der Waals surface area contributed by atoms with Crippen LogP contribution in [0.3, 0.4) is 0 Å². The molecule has 2 rings (SSSR count). The number of rotatable bonds is 7. The number of ether oxygens (including phenoxy) is 1. The number of carbonyl (C=O) groups is 4. The Hall–Kier alpha value is -2.62. The van der Waals surface area contributed by atoms with Gasteiger partial charge in [-0.25, -0.2) is 9.18 Å². The van der Waals surface area contributed by atoms with E-state index in [9.17, 15) is 23.6 Å². The molecule has 1 aromatic rings. The Balaban J connectivity index is 1.61. The van der Waals surface area contributed by atoms with Crippen LogP contribution in [0.2, 0.25) is 0 Å². The van der Waals surface area contributed by atoms with Gasteiger partial charge in [-0.2, -0.15) is 0 Å². The van der Waals surface area contributed by atoms with Crippen molar-refractivity contribution in [2.45, 2.75) is 0 Å². The highest BCUT2D eigenvalue weighted by molar-refractivity contribution is 8.00. The number of carbonyl (C=O) groups excluding carboxylic acids is 4. The predicted octanol–water partition coefficient (Wildman–Crippen LogP) is 0.592. The zero-order chi connectivity index (χ0) is 18.2. The van der Waals surface area contributed by atoms with E-state index >= 15 is 0 Å². The van der Waals surface area contributed by atoms with Crippen LogP contribution in [0.5, 0.6) is 0 Å². The summed E-state index contributed by atoms with van der Waals surface area (Å²) in [5.41, 5.74) is 0.448. The third kappa shape index (κ3) is 6.07. The number of hydrogen-bond donors (Lipinski definition) is 2. The first kappa shape index (κ1) is 18.7. The summed E-state index contributed by atoms with van der Waals surface area (Å²) in [7, 11) is 0. The molecule has 0 saturated carbocycles. The third-order valence-corrected chi connectivity index (χ3v) is 4.00. The van der Waals surface area contributed by atoms with Gasteiger partial charge >= 0.3 is 12.0 Å². The summed E-state index contributed by atoms with van der Waals surface area (Å²) in [5, 5.41) is 5.02. The van der Waals surface area contributed by atoms with Crippen molar-refractivity contribution in [1.82, 2.24) is 10.2 Å². The molecule has 0 radical (unpaired) electrons. The number of nitrogens with one attached hydrogen (secondary N) is 2. The van der Waals surface area contributed by atoms with Crippen molar-refractivity contribution >= 4 is 41.3 Å². The number of halogens is 1. The van der Waals surface area contributed by atoms with Crippen LogP contribution in [0.1, 0.15) is 0 Å². The van der Waals surface area contributed by atoms with Gasteiger partial charge in [0.2, 0.25) is 5.91 Å². The van der Waals surface area contributed by atoms with Crippen LogP contribution in [0.25, 0.3) is 0 Å². The van der Waals surface area contributed by atoms with Gasteiger partial charge in [-0.15, -0.1) is 11.8 Å². The van der Waals surface area contributed by atoms with Gasteiger partial charge in [0.05, 0.1) is 11.5 Å². The van der Waals surface area contributed by atoms with E-state index in [1.54, 1.807) is 0 Å². The summed E-state index contributed by atoms with van der Waals surface area (Å²) in [6, 6.07) is 4.78. The van der Waals surface area contributed by atoms with E-state index in [0.717, 1.165) is 16.7 Å². The Kier molecular flexibility index (Phi) is 6.75. The highest BCUT2D eigenvalue weighted by atomic mass is 32.2. The van der Waals surface area contributed by atoms with Crippen LogP contribution in [0.15, 0.2) is 24.3 Å². The lowest BCUT2D eigenvalue weighted by atomic mass is 10.3. The molecule has 1 saturated heterocycles. The Labute approximate surface area is 147 Å². The normalized spacial score (nSPS) is 13.3. The quantitative estimate of drug-likeness (QED) is 0.682. The van der Waals surface area contributed by atoms with Crippen molar-refractivity contribution in [3.63, 3.8) is 0 Å². The van der Waals surface area contributed by atoms with Gasteiger partial charge < -0.3 is 15.4 Å². The van der Waals surface area contributed by atoms with E-state index in [1.165, 1.54) is 24.3 Å². The molecule has 4 amide bonds. The molecule has 25 heavy (non-hydrogen) atoms. The van der Waals surface area contributed by atoms with E-state index in [0.29, 0.717) is 12.2 Å². The molecule has 0 aromatic heterocycles. The molecule has 0 bridgehead atoms. The average molecular weight is 369 g/mol. The molecule has 1 fully saturated rings. The van der Waals surface area contributed by atoms with Crippen LogP contribution < -0.4 is 10.6 Å². The Morgan fingerprint density at radius 1 is 1.24 bits per heavy atom. The zero-order valence-corrected chi connectivity index (χ0v) is 13.9. The molecule has 1 heterocycles. The maximum Gasteiger partial charge on any atom is 0.324 e. The van der Waals surface area contributed by atoms with Gasteiger partial charge in [0.25, 0.3) is 5.91 Å². The maximum absolute atomic E-state index is 12.7. The fourth-order valence-electron chi connectivity index (χ4n) is 1.93. The first-order valence-corrected chi connectivity index (χ1v) is 8.48. The second-order valence-electron chi connectivity index (χ2n) is 4.99. The number of anilines is 1. The summed E-state index contributed by atoms with van der Waals surface area (Å²) in [6.45, 7) is 0.0969. The molecule has 1 aliphatic rings. The fraction of sp³-hybridized carbons (Fsp3) is 0.333. The van der Waals surface area contributed by atoms with E-state index < -0.39 is 30.3 Å². The number of nitrogens with zero attached hydrogens (tertiary/aromatic N) is 1. The van der Waals surface area contributed by atoms with E-state index in [2.05, 4.69) is 10.6 Å². The summed E-state index contributed by atoms with van der Waals surface area (Å²) < 4.78 is 17.5. The monoisotopic (exact) mass is 369 g/mol. The highest BCUT2D eigenvalue weighted by Gasteiger charge is 2.26. The maximum atomic E-state index is 12.7. The van der Waals surface area contributed by atoms with Crippen LogP contribution in [-0.4, -0.2) is 59.9 Å². The summed E-state index contributed by atoms with van der Waals surface area (Å²) >= 11 is 1.01. The van der Waals surface area contributed by atoms with Crippen molar-refractivity contribution in [2.75, 3.05) is 36.5 Å². The molecule has 0 unspecified atom stereocenters. The Bertz CT molecular complexity index is 668. The topological polar surface area (TPSA) is 105 Å². The lowest BCUT2D eigenvalue weighted by Crippen LogP contribution is -2.37. The molecular formula is C15H16FN3O5S. The number of benzene rings is 1. The summed E-state index contributed by atoms with van der Waals surface area (Å²) in [6.07, 6.45) is 0. The molecule has 0 atom stereocenters. The lowest BCUT2D eigenvalue weighted by Gasteiger charge is -2.12. The number of urea groups is 1. The molecule has 0 spiro atoms. The first-order chi connectivity index (χ1) is 12.0. The predicted molar refractivity (Wildman–Crippen MR) is 88.4 cm³/mol. The van der Waals surface area contributed by atoms with Gasteiger partial charge in [-0.3, -0.25) is 19.3 Å². The van der Waals surface area contributed by atoms with Crippen molar-refractivity contribution in [3.05, 3.63) is 30.1 Å². The molecule has 1 aliphatic heterocycles. The number of amides is 4. The van der Waals surface area contributed by atoms with Crippen LogP contribution in [0, 0.1) is 5.82 Å². The molecule has 134 valence electrons. The summed E-state index contributed by atoms with van der Waals surface area (Å²) in [4.78, 5) is 47.1. The molecule has 8 nitrogen and oxygen atoms in total. The third-order valence-electron chi connectivity index (χ3n) is 3.10. The van der Waals surface area contributed by atoms with Crippen molar-refractivity contribution in [2.24, 2.45) is 0 Å². The molecule has 2 N–H and O–H groups in total. The largest absolute Gasteiger partial charge is 0.455 e. The minimum absolute atomic E-state index is 0.00501. The second kappa shape index (κ2) is 9.02. The smallest absolute Gasteiger partial charge is 0.324 e. The second-order valence-corrected chi connectivity index (χ2v) is 5.97. The van der Waals surface area contributed by atoms with E-state index in [4.69, 9.17) is 4.74 Å². The van der Waals surface area contributed by atoms with Gasteiger partial charge in [0, 0.05) is 18.8 Å². The molecule has 0 aliphatic carbocycles. The number of imide groups is 1. The fourth-order valence-corrected chi connectivity index (χ4v) is 2.54. The first-order valence-electron chi connectivity index (χ1n) is 7.32. The van der Waals surface area contributed by atoms with Crippen molar-refractivity contribution in [1.29, 1.82) is 0 Å². The Morgan fingerprint density at radius 2 is 1.96 bits per heavy atom. The molecule has 1 aromatic carbocycles. The Morgan fingerprint density at radius 3 is 2.60 bits per heavy atom. The van der Waals surface area contributed by atoms with E-state index in [-0.39, 0.29) is 24.0 Å². The van der Waals surface area contributed by atoms with Gasteiger partial charge in [-0.1, -0.05) is 0 Å². The number of thioether (sulfide) groups is 1.